The van der Waals surface area contributed by atoms with Gasteiger partial charge in [-0.1, -0.05) is 13.3 Å². The van der Waals surface area contributed by atoms with E-state index in [0.717, 1.165) is 12.8 Å². The third-order valence-corrected chi connectivity index (χ3v) is 3.12. The third-order valence-electron chi connectivity index (χ3n) is 3.12. The summed E-state index contributed by atoms with van der Waals surface area (Å²) in [5.41, 5.74) is 0. The first-order chi connectivity index (χ1) is 9.08. The Morgan fingerprint density at radius 3 is 2.42 bits per heavy atom. The summed E-state index contributed by atoms with van der Waals surface area (Å²) in [6, 6.07) is 0. The number of carboxylic acid groups (broad SMARTS) is 1. The lowest BCUT2D eigenvalue weighted by molar-refractivity contribution is -0.174. The van der Waals surface area contributed by atoms with Gasteiger partial charge in [0.1, 0.15) is 0 Å². The molecule has 0 unspecified atom stereocenters. The average Bonchev–Trinajstić information content (AvgIpc) is 2.84. The summed E-state index contributed by atoms with van der Waals surface area (Å²) in [5.74, 6) is -1.81. The lowest BCUT2D eigenvalue weighted by atomic mass is 10.0. The smallest absolute Gasteiger partial charge is 0.303 e. The normalized spacial score (nSPS) is 17.3. The maximum atomic E-state index is 11.6. The Balaban J connectivity index is 2.32. The molecule has 1 amide bonds. The van der Waals surface area contributed by atoms with Crippen LogP contribution in [0.1, 0.15) is 45.4 Å². The van der Waals surface area contributed by atoms with Crippen LogP contribution in [0.5, 0.6) is 0 Å². The van der Waals surface area contributed by atoms with E-state index in [0.29, 0.717) is 32.6 Å². The van der Waals surface area contributed by atoms with E-state index in [1.807, 2.05) is 0 Å². The standard InChI is InChI=1S/C13H23NO5/c1-2-3-8-14-11(15)4-6-13(7-5-12(16)17)18-9-10-19-13/h2-10H2,1H3,(H,14,15)(H,16,17). The number of amides is 1. The number of carbonyl (C=O) groups is 2. The highest BCUT2D eigenvalue weighted by Crippen LogP contribution is 2.29. The van der Waals surface area contributed by atoms with E-state index in [-0.39, 0.29) is 18.7 Å². The minimum Gasteiger partial charge on any atom is -0.481 e. The molecule has 1 aliphatic rings. The van der Waals surface area contributed by atoms with E-state index in [9.17, 15) is 9.59 Å². The molecule has 6 nitrogen and oxygen atoms in total. The molecule has 0 radical (unpaired) electrons. The van der Waals surface area contributed by atoms with Gasteiger partial charge in [-0.2, -0.15) is 0 Å². The van der Waals surface area contributed by atoms with E-state index in [1.165, 1.54) is 0 Å². The van der Waals surface area contributed by atoms with Crippen molar-refractivity contribution in [3.8, 4) is 0 Å². The highest BCUT2D eigenvalue weighted by Gasteiger charge is 2.36. The van der Waals surface area contributed by atoms with Gasteiger partial charge in [-0.25, -0.2) is 0 Å². The molecule has 1 fully saturated rings. The summed E-state index contributed by atoms with van der Waals surface area (Å²) >= 11 is 0. The number of ether oxygens (including phenoxy) is 2. The zero-order chi connectivity index (χ0) is 14.1. The molecule has 0 bridgehead atoms. The minimum absolute atomic E-state index is 0.0164. The molecule has 2 N–H and O–H groups in total. The molecule has 110 valence electrons. The number of carboxylic acids is 1. The second kappa shape index (κ2) is 8.12. The number of hydrogen-bond acceptors (Lipinski definition) is 4. The molecule has 0 aliphatic carbocycles. The fourth-order valence-corrected chi connectivity index (χ4v) is 2.01. The Hall–Kier alpha value is -1.14. The van der Waals surface area contributed by atoms with Gasteiger partial charge in [0, 0.05) is 25.8 Å². The molecule has 0 aromatic rings. The van der Waals surface area contributed by atoms with Gasteiger partial charge in [-0.15, -0.1) is 0 Å². The van der Waals surface area contributed by atoms with E-state index < -0.39 is 11.8 Å². The van der Waals surface area contributed by atoms with Gasteiger partial charge in [0.15, 0.2) is 5.79 Å². The van der Waals surface area contributed by atoms with E-state index in [2.05, 4.69) is 12.2 Å². The van der Waals surface area contributed by atoms with Gasteiger partial charge in [-0.3, -0.25) is 9.59 Å². The van der Waals surface area contributed by atoms with Crippen molar-refractivity contribution in [2.24, 2.45) is 0 Å². The van der Waals surface area contributed by atoms with E-state index >= 15 is 0 Å². The van der Waals surface area contributed by atoms with Crippen LogP contribution in [-0.2, 0) is 19.1 Å². The number of carbonyl (C=O) groups excluding carboxylic acids is 1. The number of rotatable bonds is 9. The Labute approximate surface area is 113 Å². The van der Waals surface area contributed by atoms with Crippen molar-refractivity contribution < 1.29 is 24.2 Å². The summed E-state index contributed by atoms with van der Waals surface area (Å²) in [4.78, 5) is 22.2. The van der Waals surface area contributed by atoms with Crippen LogP contribution in [0.15, 0.2) is 0 Å². The van der Waals surface area contributed by atoms with Gasteiger partial charge in [0.2, 0.25) is 5.91 Å². The highest BCUT2D eigenvalue weighted by atomic mass is 16.7. The lowest BCUT2D eigenvalue weighted by Crippen LogP contribution is -2.34. The van der Waals surface area contributed by atoms with Gasteiger partial charge in [0.25, 0.3) is 0 Å². The third kappa shape index (κ3) is 6.02. The van der Waals surface area contributed by atoms with Crippen molar-refractivity contribution >= 4 is 11.9 Å². The van der Waals surface area contributed by atoms with Crippen molar-refractivity contribution in [1.29, 1.82) is 0 Å². The zero-order valence-corrected chi connectivity index (χ0v) is 11.4. The fourth-order valence-electron chi connectivity index (χ4n) is 2.01. The first kappa shape index (κ1) is 15.9. The zero-order valence-electron chi connectivity index (χ0n) is 11.4. The van der Waals surface area contributed by atoms with Crippen molar-refractivity contribution in [3.63, 3.8) is 0 Å². The lowest BCUT2D eigenvalue weighted by Gasteiger charge is -2.26. The molecular weight excluding hydrogens is 250 g/mol. The molecule has 0 atom stereocenters. The summed E-state index contributed by atoms with van der Waals surface area (Å²) in [7, 11) is 0. The average molecular weight is 273 g/mol. The minimum atomic E-state index is -0.888. The van der Waals surface area contributed by atoms with Gasteiger partial charge >= 0.3 is 5.97 Å². The molecule has 1 heterocycles. The first-order valence-corrected chi connectivity index (χ1v) is 6.84. The van der Waals surface area contributed by atoms with Crippen LogP contribution in [0.3, 0.4) is 0 Å². The topological polar surface area (TPSA) is 84.9 Å². The summed E-state index contributed by atoms with van der Waals surface area (Å²) in [6.45, 7) is 3.65. The Kier molecular flexibility index (Phi) is 6.80. The molecule has 0 saturated carbocycles. The molecule has 6 heteroatoms. The van der Waals surface area contributed by atoms with Crippen molar-refractivity contribution in [3.05, 3.63) is 0 Å². The monoisotopic (exact) mass is 273 g/mol. The second-order valence-corrected chi connectivity index (χ2v) is 4.70. The van der Waals surface area contributed by atoms with Crippen molar-refractivity contribution in [2.45, 2.75) is 51.2 Å². The molecular formula is C13H23NO5. The van der Waals surface area contributed by atoms with Gasteiger partial charge in [-0.05, 0) is 6.42 Å². The maximum absolute atomic E-state index is 11.6. The second-order valence-electron chi connectivity index (χ2n) is 4.70. The Morgan fingerprint density at radius 2 is 1.84 bits per heavy atom. The molecule has 0 aromatic heterocycles. The van der Waals surface area contributed by atoms with Crippen LogP contribution in [0, 0.1) is 0 Å². The number of nitrogens with one attached hydrogen (secondary N) is 1. The van der Waals surface area contributed by atoms with Crippen molar-refractivity contribution in [2.75, 3.05) is 19.8 Å². The Morgan fingerprint density at radius 1 is 1.21 bits per heavy atom. The number of hydrogen-bond donors (Lipinski definition) is 2. The van der Waals surface area contributed by atoms with E-state index in [4.69, 9.17) is 14.6 Å². The first-order valence-electron chi connectivity index (χ1n) is 6.84. The molecule has 1 aliphatic heterocycles. The summed E-state index contributed by atoms with van der Waals surface area (Å²) < 4.78 is 11.0. The number of aliphatic carboxylic acids is 1. The number of unbranched alkanes of at least 4 members (excludes halogenated alkanes) is 1. The maximum Gasteiger partial charge on any atom is 0.303 e. The molecule has 19 heavy (non-hydrogen) atoms. The van der Waals surface area contributed by atoms with Gasteiger partial charge < -0.3 is 19.9 Å². The molecule has 0 aromatic carbocycles. The Bertz CT molecular complexity index is 299. The van der Waals surface area contributed by atoms with Gasteiger partial charge in [0.05, 0.1) is 19.6 Å². The highest BCUT2D eigenvalue weighted by molar-refractivity contribution is 5.75. The predicted octanol–water partition coefficient (Wildman–Crippen LogP) is 1.29. The largest absolute Gasteiger partial charge is 0.481 e. The predicted molar refractivity (Wildman–Crippen MR) is 68.7 cm³/mol. The van der Waals surface area contributed by atoms with E-state index in [1.54, 1.807) is 0 Å². The molecule has 1 rings (SSSR count). The SMILES string of the molecule is CCCCNC(=O)CCC1(CCC(=O)O)OCCO1. The van der Waals surface area contributed by atoms with Crippen molar-refractivity contribution in [1.82, 2.24) is 5.32 Å². The van der Waals surface area contributed by atoms with Crippen LogP contribution in [0.25, 0.3) is 0 Å². The molecule has 0 spiro atoms. The van der Waals surface area contributed by atoms with Crippen LogP contribution in [0.4, 0.5) is 0 Å². The quantitative estimate of drug-likeness (QED) is 0.618. The van der Waals surface area contributed by atoms with Crippen LogP contribution >= 0.6 is 0 Å². The summed E-state index contributed by atoms with van der Waals surface area (Å²) in [6.07, 6.45) is 2.96. The van der Waals surface area contributed by atoms with Crippen LogP contribution < -0.4 is 5.32 Å². The molecule has 1 saturated heterocycles. The fraction of sp³-hybridized carbons (Fsp3) is 0.846. The van der Waals surface area contributed by atoms with Crippen LogP contribution in [0.2, 0.25) is 0 Å². The summed E-state index contributed by atoms with van der Waals surface area (Å²) in [5, 5.41) is 11.5. The van der Waals surface area contributed by atoms with Crippen LogP contribution in [-0.4, -0.2) is 42.5 Å².